The van der Waals surface area contributed by atoms with Crippen molar-refractivity contribution < 1.29 is 9.59 Å². The maximum absolute atomic E-state index is 12.1. The van der Waals surface area contributed by atoms with E-state index < -0.39 is 0 Å². The summed E-state index contributed by atoms with van der Waals surface area (Å²) < 4.78 is 0. The van der Waals surface area contributed by atoms with E-state index in [9.17, 15) is 9.59 Å². The summed E-state index contributed by atoms with van der Waals surface area (Å²) in [6.07, 6.45) is 0.418. The van der Waals surface area contributed by atoms with Crippen LogP contribution in [-0.2, 0) is 11.2 Å². The van der Waals surface area contributed by atoms with Crippen LogP contribution < -0.4 is 15.5 Å². The largest absolute Gasteiger partial charge is 0.336 e. The number of carbonyl (C=O) groups excluding carboxylic acids is 2. The van der Waals surface area contributed by atoms with E-state index in [1.165, 1.54) is 0 Å². The maximum atomic E-state index is 12.1. The molecule has 0 saturated heterocycles. The number of urea groups is 1. The van der Waals surface area contributed by atoms with Crippen molar-refractivity contribution in [2.75, 3.05) is 23.3 Å². The van der Waals surface area contributed by atoms with Crippen LogP contribution in [0.15, 0.2) is 42.5 Å². The topological polar surface area (TPSA) is 61.4 Å². The molecule has 1 heterocycles. The van der Waals surface area contributed by atoms with Gasteiger partial charge in [-0.1, -0.05) is 41.9 Å². The fourth-order valence-electron chi connectivity index (χ4n) is 2.79. The lowest BCUT2D eigenvalue weighted by Gasteiger charge is -2.18. The first-order valence-corrected chi connectivity index (χ1v) is 8.12. The molecule has 0 bridgehead atoms. The third kappa shape index (κ3) is 3.36. The lowest BCUT2D eigenvalue weighted by molar-refractivity contribution is -0.117. The van der Waals surface area contributed by atoms with Gasteiger partial charge in [-0.25, -0.2) is 4.79 Å². The fraction of sp³-hybridized carbons (Fsp3) is 0.222. The van der Waals surface area contributed by atoms with Crippen molar-refractivity contribution in [1.82, 2.24) is 5.32 Å². The van der Waals surface area contributed by atoms with Crippen molar-refractivity contribution in [2.24, 2.45) is 0 Å². The van der Waals surface area contributed by atoms with Crippen molar-refractivity contribution >= 4 is 34.9 Å². The highest BCUT2D eigenvalue weighted by Crippen LogP contribution is 2.28. The SMILES string of the molecule is Cc1cccc(Cl)c1NC(=O)NCCN1C(=O)Cc2ccccc21. The summed E-state index contributed by atoms with van der Waals surface area (Å²) in [6.45, 7) is 2.67. The molecule has 124 valence electrons. The van der Waals surface area contributed by atoms with E-state index in [4.69, 9.17) is 11.6 Å². The van der Waals surface area contributed by atoms with Crippen LogP contribution in [0.4, 0.5) is 16.2 Å². The summed E-state index contributed by atoms with van der Waals surface area (Å²) in [5.41, 5.74) is 3.44. The van der Waals surface area contributed by atoms with Crippen LogP contribution >= 0.6 is 11.6 Å². The first-order valence-electron chi connectivity index (χ1n) is 7.74. The highest BCUT2D eigenvalue weighted by Gasteiger charge is 2.26. The lowest BCUT2D eigenvalue weighted by atomic mass is 10.2. The zero-order valence-electron chi connectivity index (χ0n) is 13.3. The molecule has 24 heavy (non-hydrogen) atoms. The highest BCUT2D eigenvalue weighted by atomic mass is 35.5. The summed E-state index contributed by atoms with van der Waals surface area (Å²) in [5, 5.41) is 6.00. The molecule has 0 aromatic heterocycles. The van der Waals surface area contributed by atoms with Gasteiger partial charge in [-0.2, -0.15) is 0 Å². The molecule has 2 aromatic carbocycles. The number of fused-ring (bicyclic) bond motifs is 1. The van der Waals surface area contributed by atoms with E-state index in [-0.39, 0.29) is 11.9 Å². The average molecular weight is 344 g/mol. The van der Waals surface area contributed by atoms with Gasteiger partial charge in [0.15, 0.2) is 0 Å². The normalized spacial score (nSPS) is 12.9. The summed E-state index contributed by atoms with van der Waals surface area (Å²) in [4.78, 5) is 25.8. The number of aryl methyl sites for hydroxylation is 1. The van der Waals surface area contributed by atoms with E-state index in [1.807, 2.05) is 43.3 Å². The fourth-order valence-corrected chi connectivity index (χ4v) is 3.06. The van der Waals surface area contributed by atoms with Gasteiger partial charge in [0.25, 0.3) is 0 Å². The number of amides is 3. The Morgan fingerprint density at radius 3 is 2.79 bits per heavy atom. The molecule has 6 heteroatoms. The molecular formula is C18H18ClN3O2. The number of anilines is 2. The number of para-hydroxylation sites is 2. The minimum absolute atomic E-state index is 0.0559. The molecule has 2 N–H and O–H groups in total. The van der Waals surface area contributed by atoms with Crippen LogP contribution in [0.2, 0.25) is 5.02 Å². The van der Waals surface area contributed by atoms with E-state index in [0.29, 0.717) is 30.2 Å². The van der Waals surface area contributed by atoms with Crippen LogP contribution in [0.5, 0.6) is 0 Å². The van der Waals surface area contributed by atoms with Gasteiger partial charge in [-0.3, -0.25) is 4.79 Å². The van der Waals surface area contributed by atoms with Crippen LogP contribution in [0.3, 0.4) is 0 Å². The van der Waals surface area contributed by atoms with Gasteiger partial charge < -0.3 is 15.5 Å². The Kier molecular flexibility index (Phi) is 4.71. The molecule has 0 atom stereocenters. The first-order chi connectivity index (χ1) is 11.6. The third-order valence-electron chi connectivity index (χ3n) is 4.01. The number of halogens is 1. The zero-order chi connectivity index (χ0) is 17.1. The van der Waals surface area contributed by atoms with Gasteiger partial charge >= 0.3 is 6.03 Å². The van der Waals surface area contributed by atoms with Crippen molar-refractivity contribution in [3.05, 3.63) is 58.6 Å². The van der Waals surface area contributed by atoms with E-state index in [0.717, 1.165) is 16.8 Å². The Labute approximate surface area is 145 Å². The maximum Gasteiger partial charge on any atom is 0.319 e. The van der Waals surface area contributed by atoms with Crippen molar-refractivity contribution in [2.45, 2.75) is 13.3 Å². The Morgan fingerprint density at radius 1 is 1.21 bits per heavy atom. The summed E-state index contributed by atoms with van der Waals surface area (Å²) in [6, 6.07) is 12.8. The molecule has 2 aromatic rings. The molecular weight excluding hydrogens is 326 g/mol. The molecule has 1 aliphatic rings. The average Bonchev–Trinajstić information content (AvgIpc) is 2.87. The van der Waals surface area contributed by atoms with Gasteiger partial charge in [0.2, 0.25) is 5.91 Å². The number of benzene rings is 2. The smallest absolute Gasteiger partial charge is 0.319 e. The summed E-state index contributed by atoms with van der Waals surface area (Å²) >= 11 is 6.09. The molecule has 0 radical (unpaired) electrons. The molecule has 3 amide bonds. The molecule has 0 unspecified atom stereocenters. The number of hydrogen-bond donors (Lipinski definition) is 2. The molecule has 3 rings (SSSR count). The summed E-state index contributed by atoms with van der Waals surface area (Å²) in [5.74, 6) is 0.0559. The standard InChI is InChI=1S/C18H18ClN3O2/c1-12-5-4-7-14(19)17(12)21-18(24)20-9-10-22-15-8-3-2-6-13(15)11-16(22)23/h2-8H,9-11H2,1H3,(H2,20,21,24). The number of carbonyl (C=O) groups is 2. The molecule has 1 aliphatic heterocycles. The van der Waals surface area contributed by atoms with Crippen LogP contribution in [0.25, 0.3) is 0 Å². The van der Waals surface area contributed by atoms with Crippen molar-refractivity contribution in [1.29, 1.82) is 0 Å². The number of nitrogens with one attached hydrogen (secondary N) is 2. The predicted octanol–water partition coefficient (Wildman–Crippen LogP) is 3.36. The molecule has 0 fully saturated rings. The highest BCUT2D eigenvalue weighted by molar-refractivity contribution is 6.33. The third-order valence-corrected chi connectivity index (χ3v) is 4.32. The Bertz CT molecular complexity index is 771. The van der Waals surface area contributed by atoms with Gasteiger partial charge in [-0.05, 0) is 30.2 Å². The van der Waals surface area contributed by atoms with Gasteiger partial charge in [0, 0.05) is 18.8 Å². The van der Waals surface area contributed by atoms with Crippen LogP contribution in [0.1, 0.15) is 11.1 Å². The number of rotatable bonds is 4. The second-order valence-electron chi connectivity index (χ2n) is 5.66. The molecule has 0 saturated carbocycles. The Balaban J connectivity index is 1.55. The number of nitrogens with zero attached hydrogens (tertiary/aromatic N) is 1. The van der Waals surface area contributed by atoms with Gasteiger partial charge in [0.1, 0.15) is 0 Å². The van der Waals surface area contributed by atoms with E-state index in [2.05, 4.69) is 10.6 Å². The molecule has 0 spiro atoms. The van der Waals surface area contributed by atoms with E-state index >= 15 is 0 Å². The first kappa shape index (κ1) is 16.3. The second kappa shape index (κ2) is 6.93. The summed E-state index contributed by atoms with van der Waals surface area (Å²) in [7, 11) is 0. The minimum Gasteiger partial charge on any atom is -0.336 e. The van der Waals surface area contributed by atoms with Crippen LogP contribution in [0, 0.1) is 6.92 Å². The predicted molar refractivity (Wildman–Crippen MR) is 95.7 cm³/mol. The van der Waals surface area contributed by atoms with Gasteiger partial charge in [0.05, 0.1) is 17.1 Å². The number of hydrogen-bond acceptors (Lipinski definition) is 2. The molecule has 5 nitrogen and oxygen atoms in total. The van der Waals surface area contributed by atoms with Gasteiger partial charge in [-0.15, -0.1) is 0 Å². The minimum atomic E-state index is -0.342. The zero-order valence-corrected chi connectivity index (χ0v) is 14.1. The quantitative estimate of drug-likeness (QED) is 0.894. The lowest BCUT2D eigenvalue weighted by Crippen LogP contribution is -2.38. The van der Waals surface area contributed by atoms with Crippen LogP contribution in [-0.4, -0.2) is 25.0 Å². The Hall–Kier alpha value is -2.53. The van der Waals surface area contributed by atoms with Crippen molar-refractivity contribution in [3.63, 3.8) is 0 Å². The van der Waals surface area contributed by atoms with E-state index in [1.54, 1.807) is 11.0 Å². The Morgan fingerprint density at radius 2 is 2.00 bits per heavy atom. The van der Waals surface area contributed by atoms with Crippen molar-refractivity contribution in [3.8, 4) is 0 Å². The molecule has 0 aliphatic carbocycles. The second-order valence-corrected chi connectivity index (χ2v) is 6.07. The monoisotopic (exact) mass is 343 g/mol.